The molecule has 1 fully saturated rings. The number of hydrogen-bond acceptors (Lipinski definition) is 7. The lowest BCUT2D eigenvalue weighted by Gasteiger charge is -2.37. The number of hydrogen-bond donors (Lipinski definition) is 1. The van der Waals surface area contributed by atoms with E-state index in [1.165, 1.54) is 24.6 Å². The van der Waals surface area contributed by atoms with Gasteiger partial charge in [-0.15, -0.1) is 11.8 Å². The average molecular weight is 471 g/mol. The Morgan fingerprint density at radius 2 is 1.88 bits per heavy atom. The van der Waals surface area contributed by atoms with E-state index in [0.29, 0.717) is 12.8 Å². The number of esters is 1. The fourth-order valence-corrected chi connectivity index (χ4v) is 6.39. The topological polar surface area (TPSA) is 62.2 Å². The molecule has 2 aliphatic rings. The van der Waals surface area contributed by atoms with Crippen molar-refractivity contribution in [2.75, 3.05) is 51.8 Å². The molecule has 2 aromatic carbocycles. The van der Waals surface area contributed by atoms with Gasteiger partial charge < -0.3 is 19.5 Å². The maximum atomic E-state index is 13.0. The molecule has 2 heterocycles. The van der Waals surface area contributed by atoms with Gasteiger partial charge in [-0.1, -0.05) is 24.3 Å². The molecule has 2 aromatic rings. The highest BCUT2D eigenvalue weighted by atomic mass is 32.2. The van der Waals surface area contributed by atoms with Gasteiger partial charge in [-0.3, -0.25) is 9.69 Å². The Balaban J connectivity index is 1.41. The molecule has 2 atom stereocenters. The van der Waals surface area contributed by atoms with Crippen LogP contribution in [0.1, 0.15) is 24.8 Å². The Labute approximate surface area is 200 Å². The van der Waals surface area contributed by atoms with Crippen LogP contribution in [0.15, 0.2) is 53.4 Å². The molecule has 0 radical (unpaired) electrons. The SMILES string of the molecule is COC(=O)C1(CCCN2CCN(c3ccccc3)CC2)Sc2cc(OC)ccc2CCC1O. The number of para-hydroxylation sites is 1. The Hall–Kier alpha value is -2.22. The second-order valence-electron chi connectivity index (χ2n) is 8.78. The summed E-state index contributed by atoms with van der Waals surface area (Å²) in [4.78, 5) is 18.9. The van der Waals surface area contributed by atoms with E-state index >= 15 is 0 Å². The molecular formula is C26H34N2O4S. The molecule has 2 aliphatic heterocycles. The van der Waals surface area contributed by atoms with Crippen molar-refractivity contribution in [2.24, 2.45) is 0 Å². The van der Waals surface area contributed by atoms with E-state index in [4.69, 9.17) is 9.47 Å². The van der Waals surface area contributed by atoms with Crippen LogP contribution >= 0.6 is 11.8 Å². The molecule has 1 saturated heterocycles. The lowest BCUT2D eigenvalue weighted by atomic mass is 9.91. The van der Waals surface area contributed by atoms with Gasteiger partial charge in [0, 0.05) is 36.8 Å². The van der Waals surface area contributed by atoms with Crippen LogP contribution in [-0.2, 0) is 16.0 Å². The molecule has 0 spiro atoms. The summed E-state index contributed by atoms with van der Waals surface area (Å²) in [6, 6.07) is 16.5. The van der Waals surface area contributed by atoms with Crippen LogP contribution < -0.4 is 9.64 Å². The van der Waals surface area contributed by atoms with E-state index in [-0.39, 0.29) is 5.97 Å². The highest BCUT2D eigenvalue weighted by Crippen LogP contribution is 2.46. The first-order valence-corrected chi connectivity index (χ1v) is 12.5. The number of carbonyl (C=O) groups excluding carboxylic acids is 1. The maximum Gasteiger partial charge on any atom is 0.324 e. The fourth-order valence-electron chi connectivity index (χ4n) is 4.86. The number of benzene rings is 2. The van der Waals surface area contributed by atoms with Crippen LogP contribution in [0.3, 0.4) is 0 Å². The van der Waals surface area contributed by atoms with Gasteiger partial charge in [-0.25, -0.2) is 0 Å². The first-order valence-electron chi connectivity index (χ1n) is 11.7. The highest BCUT2D eigenvalue weighted by molar-refractivity contribution is 8.01. The van der Waals surface area contributed by atoms with Crippen molar-refractivity contribution in [3.05, 3.63) is 54.1 Å². The predicted octanol–water partition coefficient (Wildman–Crippen LogP) is 3.61. The molecule has 1 N–H and O–H groups in total. The van der Waals surface area contributed by atoms with Crippen molar-refractivity contribution in [1.82, 2.24) is 4.90 Å². The van der Waals surface area contributed by atoms with Gasteiger partial charge in [0.2, 0.25) is 0 Å². The van der Waals surface area contributed by atoms with Crippen LogP contribution in [0.2, 0.25) is 0 Å². The first-order chi connectivity index (χ1) is 16.1. The van der Waals surface area contributed by atoms with Crippen molar-refractivity contribution in [2.45, 2.75) is 41.4 Å². The zero-order valence-corrected chi connectivity index (χ0v) is 20.4. The van der Waals surface area contributed by atoms with E-state index < -0.39 is 10.9 Å². The number of carbonyl (C=O) groups is 1. The van der Waals surface area contributed by atoms with Gasteiger partial charge in [0.25, 0.3) is 0 Å². The molecule has 0 bridgehead atoms. The van der Waals surface area contributed by atoms with Crippen molar-refractivity contribution >= 4 is 23.4 Å². The Morgan fingerprint density at radius 3 is 2.58 bits per heavy atom. The Morgan fingerprint density at radius 1 is 1.12 bits per heavy atom. The van der Waals surface area contributed by atoms with Gasteiger partial charge in [0.15, 0.2) is 0 Å². The van der Waals surface area contributed by atoms with E-state index in [2.05, 4.69) is 34.1 Å². The van der Waals surface area contributed by atoms with Gasteiger partial charge in [0.05, 0.1) is 20.3 Å². The molecule has 7 heteroatoms. The third kappa shape index (κ3) is 5.31. The molecule has 33 heavy (non-hydrogen) atoms. The van der Waals surface area contributed by atoms with Crippen molar-refractivity contribution in [1.29, 1.82) is 0 Å². The zero-order chi connectivity index (χ0) is 23.3. The van der Waals surface area contributed by atoms with Crippen molar-refractivity contribution in [3.63, 3.8) is 0 Å². The number of aliphatic hydroxyl groups is 1. The number of aryl methyl sites for hydroxylation is 1. The third-order valence-corrected chi connectivity index (χ3v) is 8.45. The van der Waals surface area contributed by atoms with Gasteiger partial charge in [0.1, 0.15) is 10.5 Å². The first kappa shape index (κ1) is 23.9. The average Bonchev–Trinajstić information content (AvgIpc) is 3.01. The van der Waals surface area contributed by atoms with E-state index in [9.17, 15) is 9.90 Å². The lowest BCUT2D eigenvalue weighted by Crippen LogP contribution is -2.49. The van der Waals surface area contributed by atoms with Gasteiger partial charge >= 0.3 is 5.97 Å². The van der Waals surface area contributed by atoms with E-state index in [0.717, 1.165) is 61.8 Å². The number of piperazine rings is 1. The Kier molecular flexibility index (Phi) is 7.83. The molecule has 6 nitrogen and oxygen atoms in total. The summed E-state index contributed by atoms with van der Waals surface area (Å²) in [7, 11) is 3.06. The number of rotatable bonds is 7. The number of anilines is 1. The van der Waals surface area contributed by atoms with Crippen LogP contribution in [-0.4, -0.2) is 73.8 Å². The highest BCUT2D eigenvalue weighted by Gasteiger charge is 2.48. The lowest BCUT2D eigenvalue weighted by molar-refractivity contribution is -0.147. The molecule has 4 rings (SSSR count). The number of thioether (sulfide) groups is 1. The second-order valence-corrected chi connectivity index (χ2v) is 10.2. The molecule has 2 unspecified atom stereocenters. The molecular weight excluding hydrogens is 436 g/mol. The van der Waals surface area contributed by atoms with Crippen LogP contribution in [0.4, 0.5) is 5.69 Å². The molecule has 0 aromatic heterocycles. The molecule has 178 valence electrons. The van der Waals surface area contributed by atoms with Gasteiger partial charge in [-0.2, -0.15) is 0 Å². The third-order valence-electron chi connectivity index (χ3n) is 6.84. The minimum atomic E-state index is -1.00. The summed E-state index contributed by atoms with van der Waals surface area (Å²) >= 11 is 1.45. The number of fused-ring (bicyclic) bond motifs is 1. The molecule has 0 aliphatic carbocycles. The summed E-state index contributed by atoms with van der Waals surface area (Å²) in [6.07, 6.45) is 1.90. The van der Waals surface area contributed by atoms with Crippen LogP contribution in [0, 0.1) is 0 Å². The summed E-state index contributed by atoms with van der Waals surface area (Å²) in [5.41, 5.74) is 2.41. The largest absolute Gasteiger partial charge is 0.497 e. The minimum Gasteiger partial charge on any atom is -0.497 e. The van der Waals surface area contributed by atoms with E-state index in [1.54, 1.807) is 7.11 Å². The standard InChI is InChI=1S/C26H34N2O4S/c1-31-22-11-9-20-10-12-24(29)26(25(30)32-2,33-23(20)19-22)13-6-14-27-15-17-28(18-16-27)21-7-4-3-5-8-21/h3-5,7-9,11,19,24,29H,6,10,12-18H2,1-2H3. The Bertz CT molecular complexity index is 933. The second kappa shape index (κ2) is 10.8. The van der Waals surface area contributed by atoms with Crippen LogP contribution in [0.25, 0.3) is 0 Å². The monoisotopic (exact) mass is 470 g/mol. The fraction of sp³-hybridized carbons (Fsp3) is 0.500. The summed E-state index contributed by atoms with van der Waals surface area (Å²) < 4.78 is 9.62. The van der Waals surface area contributed by atoms with Crippen molar-refractivity contribution in [3.8, 4) is 5.75 Å². The molecule has 0 saturated carbocycles. The predicted molar refractivity (Wildman–Crippen MR) is 132 cm³/mol. The van der Waals surface area contributed by atoms with Crippen LogP contribution in [0.5, 0.6) is 5.75 Å². The summed E-state index contributed by atoms with van der Waals surface area (Å²) in [5.74, 6) is 0.414. The smallest absolute Gasteiger partial charge is 0.324 e. The summed E-state index contributed by atoms with van der Waals surface area (Å²) in [5, 5.41) is 11.1. The number of methoxy groups -OCH3 is 2. The number of ether oxygens (including phenoxy) is 2. The van der Waals surface area contributed by atoms with Crippen molar-refractivity contribution < 1.29 is 19.4 Å². The zero-order valence-electron chi connectivity index (χ0n) is 19.5. The quantitative estimate of drug-likeness (QED) is 0.620. The van der Waals surface area contributed by atoms with Gasteiger partial charge in [-0.05, 0) is 62.1 Å². The number of nitrogens with zero attached hydrogens (tertiary/aromatic N) is 2. The number of aliphatic hydroxyl groups excluding tert-OH is 1. The summed E-state index contributed by atoms with van der Waals surface area (Å²) in [6.45, 7) is 4.89. The normalized spacial score (nSPS) is 23.5. The maximum absolute atomic E-state index is 13.0. The minimum absolute atomic E-state index is 0.343. The molecule has 0 amide bonds. The van der Waals surface area contributed by atoms with E-state index in [1.807, 2.05) is 24.3 Å².